The molecule has 0 aromatic heterocycles. The summed E-state index contributed by atoms with van der Waals surface area (Å²) in [6.07, 6.45) is 6.43. The monoisotopic (exact) mass is 329 g/mol. The average molecular weight is 329 g/mol. The normalized spacial score (nSPS) is 16.0. The van der Waals surface area contributed by atoms with E-state index in [-0.39, 0.29) is 0 Å². The first-order valence-electron chi connectivity index (χ1n) is 9.36. The second-order valence-corrected chi connectivity index (χ2v) is 6.61. The number of nitrogens with one attached hydrogen (secondary N) is 1. The average Bonchev–Trinajstić information content (AvgIpc) is 2.63. The largest absolute Gasteiger partial charge is 0.494 e. The molecule has 132 valence electrons. The van der Waals surface area contributed by atoms with Gasteiger partial charge in [-0.25, -0.2) is 0 Å². The molecule has 0 spiro atoms. The van der Waals surface area contributed by atoms with E-state index < -0.39 is 0 Å². The van der Waals surface area contributed by atoms with E-state index in [1.165, 1.54) is 50.9 Å². The van der Waals surface area contributed by atoms with Gasteiger partial charge >= 0.3 is 0 Å². The molecule has 4 heteroatoms. The molecular formula is C20H31N3O. The number of hydrogen-bond acceptors (Lipinski definition) is 4. The molecule has 1 aromatic rings. The fourth-order valence-corrected chi connectivity index (χ4v) is 3.09. The van der Waals surface area contributed by atoms with Crippen LogP contribution in [0.5, 0.6) is 5.75 Å². The smallest absolute Gasteiger partial charge is 0.119 e. The summed E-state index contributed by atoms with van der Waals surface area (Å²) in [4.78, 5) is 2.59. The predicted octanol–water partition coefficient (Wildman–Crippen LogP) is 3.72. The summed E-state index contributed by atoms with van der Waals surface area (Å²) >= 11 is 0. The second kappa shape index (κ2) is 11.1. The Morgan fingerprint density at radius 2 is 2.12 bits per heavy atom. The van der Waals surface area contributed by atoms with Crippen molar-refractivity contribution in [2.45, 2.75) is 58.0 Å². The third-order valence-electron chi connectivity index (χ3n) is 4.61. The molecule has 0 aliphatic carbocycles. The molecule has 4 nitrogen and oxygen atoms in total. The van der Waals surface area contributed by atoms with E-state index in [1.54, 1.807) is 0 Å². The minimum atomic E-state index is 0.554. The van der Waals surface area contributed by atoms with E-state index in [4.69, 9.17) is 10.00 Å². The van der Waals surface area contributed by atoms with Crippen molar-refractivity contribution in [1.29, 1.82) is 5.26 Å². The van der Waals surface area contributed by atoms with Gasteiger partial charge < -0.3 is 15.0 Å². The highest BCUT2D eigenvalue weighted by Crippen LogP contribution is 2.16. The van der Waals surface area contributed by atoms with Gasteiger partial charge in [-0.2, -0.15) is 5.26 Å². The van der Waals surface area contributed by atoms with Gasteiger partial charge in [0, 0.05) is 19.0 Å². The molecule has 0 radical (unpaired) electrons. The zero-order valence-electron chi connectivity index (χ0n) is 15.0. The third kappa shape index (κ3) is 6.90. The van der Waals surface area contributed by atoms with E-state index in [9.17, 15) is 0 Å². The Labute approximate surface area is 146 Å². The maximum Gasteiger partial charge on any atom is 0.119 e. The number of nitrogens with zero attached hydrogens (tertiary/aromatic N) is 2. The van der Waals surface area contributed by atoms with Crippen LogP contribution in [0.2, 0.25) is 0 Å². The van der Waals surface area contributed by atoms with E-state index >= 15 is 0 Å². The van der Waals surface area contributed by atoms with Gasteiger partial charge in [0.05, 0.1) is 12.7 Å². The van der Waals surface area contributed by atoms with Crippen molar-refractivity contribution in [2.24, 2.45) is 0 Å². The number of hydrogen-bond donors (Lipinski definition) is 1. The molecule has 0 bridgehead atoms. The second-order valence-electron chi connectivity index (χ2n) is 6.61. The molecule has 1 fully saturated rings. The van der Waals surface area contributed by atoms with Crippen LogP contribution in [0.15, 0.2) is 24.3 Å². The van der Waals surface area contributed by atoms with Crippen molar-refractivity contribution in [3.63, 3.8) is 0 Å². The molecule has 1 aliphatic heterocycles. The number of benzene rings is 1. The van der Waals surface area contributed by atoms with Crippen molar-refractivity contribution >= 4 is 0 Å². The zero-order valence-corrected chi connectivity index (χ0v) is 15.0. The van der Waals surface area contributed by atoms with Gasteiger partial charge in [-0.05, 0) is 63.0 Å². The van der Waals surface area contributed by atoms with Crippen molar-refractivity contribution in [3.05, 3.63) is 29.8 Å². The Bertz CT molecular complexity index is 504. The minimum Gasteiger partial charge on any atom is -0.494 e. The predicted molar refractivity (Wildman–Crippen MR) is 98.0 cm³/mol. The molecule has 0 atom stereocenters. The van der Waals surface area contributed by atoms with E-state index in [2.05, 4.69) is 35.3 Å². The standard InChI is InChI=1S/C20H31N3O/c1-2-3-12-23-13-9-19(10-14-23)22-17-18-7-6-8-20(16-18)24-15-5-4-11-21/h6-8,16,19,22H,2-5,9-10,12-15,17H2,1H3. The number of likely N-dealkylation sites (tertiary alicyclic amines) is 1. The van der Waals surface area contributed by atoms with Crippen LogP contribution in [0.3, 0.4) is 0 Å². The molecule has 24 heavy (non-hydrogen) atoms. The van der Waals surface area contributed by atoms with Crippen LogP contribution in [0, 0.1) is 11.3 Å². The molecule has 1 saturated heterocycles. The molecule has 0 amide bonds. The van der Waals surface area contributed by atoms with Gasteiger partial charge in [-0.1, -0.05) is 25.5 Å². The van der Waals surface area contributed by atoms with Crippen LogP contribution in [0.4, 0.5) is 0 Å². The first-order valence-corrected chi connectivity index (χ1v) is 9.36. The lowest BCUT2D eigenvalue weighted by molar-refractivity contribution is 0.195. The third-order valence-corrected chi connectivity index (χ3v) is 4.61. The SMILES string of the molecule is CCCCN1CCC(NCc2cccc(OCCCC#N)c2)CC1. The highest BCUT2D eigenvalue weighted by molar-refractivity contribution is 5.28. The maximum atomic E-state index is 8.54. The quantitative estimate of drug-likeness (QED) is 0.665. The number of rotatable bonds is 10. The van der Waals surface area contributed by atoms with Crippen molar-refractivity contribution < 1.29 is 4.74 Å². The first-order chi connectivity index (χ1) is 11.8. The van der Waals surface area contributed by atoms with Crippen LogP contribution in [0.1, 0.15) is 51.0 Å². The summed E-state index contributed by atoms with van der Waals surface area (Å²) < 4.78 is 5.71. The fourth-order valence-electron chi connectivity index (χ4n) is 3.09. The first kappa shape index (κ1) is 18.8. The van der Waals surface area contributed by atoms with Crippen LogP contribution < -0.4 is 10.1 Å². The van der Waals surface area contributed by atoms with E-state index in [1.807, 2.05) is 12.1 Å². The number of unbranched alkanes of at least 4 members (excludes halogenated alkanes) is 2. The molecule has 1 heterocycles. The molecule has 2 rings (SSSR count). The highest BCUT2D eigenvalue weighted by atomic mass is 16.5. The molecule has 0 saturated carbocycles. The fraction of sp³-hybridized carbons (Fsp3) is 0.650. The van der Waals surface area contributed by atoms with Gasteiger partial charge in [-0.3, -0.25) is 0 Å². The van der Waals surface area contributed by atoms with Crippen LogP contribution in [-0.2, 0) is 6.54 Å². The lowest BCUT2D eigenvalue weighted by atomic mass is 10.0. The molecule has 1 aromatic carbocycles. The Morgan fingerprint density at radius 1 is 1.29 bits per heavy atom. The number of nitriles is 1. The van der Waals surface area contributed by atoms with Crippen LogP contribution in [0.25, 0.3) is 0 Å². The molecule has 1 aliphatic rings. The van der Waals surface area contributed by atoms with Gasteiger partial charge in [0.25, 0.3) is 0 Å². The summed E-state index contributed by atoms with van der Waals surface area (Å²) in [5, 5.41) is 12.2. The highest BCUT2D eigenvalue weighted by Gasteiger charge is 2.18. The maximum absolute atomic E-state index is 8.54. The molecule has 1 N–H and O–H groups in total. The van der Waals surface area contributed by atoms with Crippen molar-refractivity contribution in [1.82, 2.24) is 10.2 Å². The van der Waals surface area contributed by atoms with Crippen LogP contribution >= 0.6 is 0 Å². The Morgan fingerprint density at radius 3 is 2.88 bits per heavy atom. The Hall–Kier alpha value is -1.57. The van der Waals surface area contributed by atoms with Gasteiger partial charge in [-0.15, -0.1) is 0 Å². The molecule has 0 unspecified atom stereocenters. The summed E-state index contributed by atoms with van der Waals surface area (Å²) in [7, 11) is 0. The Kier molecular flexibility index (Phi) is 8.65. The van der Waals surface area contributed by atoms with Gasteiger partial charge in [0.2, 0.25) is 0 Å². The molecular weight excluding hydrogens is 298 g/mol. The summed E-state index contributed by atoms with van der Waals surface area (Å²) in [6, 6.07) is 11.1. The van der Waals surface area contributed by atoms with Crippen molar-refractivity contribution in [3.8, 4) is 11.8 Å². The van der Waals surface area contributed by atoms with E-state index in [0.29, 0.717) is 19.1 Å². The number of ether oxygens (including phenoxy) is 1. The van der Waals surface area contributed by atoms with Crippen LogP contribution in [-0.4, -0.2) is 37.2 Å². The van der Waals surface area contributed by atoms with E-state index in [0.717, 1.165) is 18.7 Å². The Balaban J connectivity index is 1.68. The summed E-state index contributed by atoms with van der Waals surface area (Å²) in [5.74, 6) is 0.904. The lowest BCUT2D eigenvalue weighted by Crippen LogP contribution is -2.42. The summed E-state index contributed by atoms with van der Waals surface area (Å²) in [5.41, 5.74) is 1.26. The van der Waals surface area contributed by atoms with Gasteiger partial charge in [0.15, 0.2) is 0 Å². The summed E-state index contributed by atoms with van der Waals surface area (Å²) in [6.45, 7) is 7.47. The minimum absolute atomic E-state index is 0.554. The van der Waals surface area contributed by atoms with Crippen molar-refractivity contribution in [2.75, 3.05) is 26.2 Å². The van der Waals surface area contributed by atoms with Gasteiger partial charge in [0.1, 0.15) is 5.75 Å². The topological polar surface area (TPSA) is 48.3 Å². The lowest BCUT2D eigenvalue weighted by Gasteiger charge is -2.32. The zero-order chi connectivity index (χ0) is 17.0. The number of piperidine rings is 1.